The molecule has 0 unspecified atom stereocenters. The van der Waals surface area contributed by atoms with Gasteiger partial charge in [0.05, 0.1) is 0 Å². The van der Waals surface area contributed by atoms with Gasteiger partial charge in [-0.2, -0.15) is 0 Å². The van der Waals surface area contributed by atoms with Crippen molar-refractivity contribution in [1.82, 2.24) is 5.43 Å². The fourth-order valence-electron chi connectivity index (χ4n) is 0.155. The fourth-order valence-corrected chi connectivity index (χ4v) is 0.155. The minimum Gasteiger partial charge on any atom is -0.398 e. The van der Waals surface area contributed by atoms with Crippen molar-refractivity contribution in [1.29, 1.82) is 0 Å². The van der Waals surface area contributed by atoms with Crippen molar-refractivity contribution < 1.29 is 0 Å². The number of hydrogen-bond donors (Lipinski definition) is 3. The summed E-state index contributed by atoms with van der Waals surface area (Å²) < 4.78 is 0. The monoisotopic (exact) mass is 99.1 g/mol. The Kier molecular flexibility index (Phi) is 2.79. The van der Waals surface area contributed by atoms with E-state index in [1.165, 1.54) is 12.3 Å². The van der Waals surface area contributed by atoms with Crippen LogP contribution in [0.2, 0.25) is 0 Å². The zero-order valence-corrected chi connectivity index (χ0v) is 4.02. The molecule has 0 spiro atoms. The minimum absolute atomic E-state index is 0.530. The molecule has 3 heteroatoms. The maximum Gasteiger partial charge on any atom is 0.0482 e. The van der Waals surface area contributed by atoms with Gasteiger partial charge in [0.2, 0.25) is 0 Å². The molecule has 7 heavy (non-hydrogen) atoms. The lowest BCUT2D eigenvalue weighted by atomic mass is 10.5. The van der Waals surface area contributed by atoms with Crippen LogP contribution in [0.3, 0.4) is 0 Å². The van der Waals surface area contributed by atoms with E-state index in [2.05, 4.69) is 12.0 Å². The predicted molar refractivity (Wildman–Crippen MR) is 29.8 cm³/mol. The summed E-state index contributed by atoms with van der Waals surface area (Å²) in [5.41, 5.74) is 7.97. The van der Waals surface area contributed by atoms with Crippen molar-refractivity contribution in [2.75, 3.05) is 0 Å². The Morgan fingerprint density at radius 2 is 2.29 bits per heavy atom. The van der Waals surface area contributed by atoms with E-state index in [0.29, 0.717) is 5.70 Å². The van der Waals surface area contributed by atoms with E-state index < -0.39 is 0 Å². The summed E-state index contributed by atoms with van der Waals surface area (Å²) in [6.07, 6.45) is 2.95. The van der Waals surface area contributed by atoms with E-state index in [-0.39, 0.29) is 0 Å². The molecule has 5 N–H and O–H groups in total. The highest BCUT2D eigenvalue weighted by atomic mass is 15.2. The molecule has 0 atom stereocenters. The average molecular weight is 99.1 g/mol. The highest BCUT2D eigenvalue weighted by molar-refractivity contribution is 5.09. The molecule has 0 aromatic heterocycles. The number of hydrazine groups is 1. The summed E-state index contributed by atoms with van der Waals surface area (Å²) in [5.74, 6) is 4.85. The van der Waals surface area contributed by atoms with E-state index in [0.717, 1.165) is 0 Å². The zero-order valence-electron chi connectivity index (χ0n) is 4.02. The summed E-state index contributed by atoms with van der Waals surface area (Å²) in [6.45, 7) is 3.39. The van der Waals surface area contributed by atoms with Crippen LogP contribution >= 0.6 is 0 Å². The largest absolute Gasteiger partial charge is 0.398 e. The van der Waals surface area contributed by atoms with Crippen LogP contribution in [-0.4, -0.2) is 0 Å². The lowest BCUT2D eigenvalue weighted by Crippen LogP contribution is -2.15. The van der Waals surface area contributed by atoms with Crippen molar-refractivity contribution in [3.63, 3.8) is 0 Å². The standard InChI is InChI=1S/C4H9N3/c1-2-4(5)3-7-6/h2-3,7H,1,5-6H2/b4-3+. The van der Waals surface area contributed by atoms with Gasteiger partial charge in [0.25, 0.3) is 0 Å². The van der Waals surface area contributed by atoms with Crippen LogP contribution in [0.4, 0.5) is 0 Å². The molecule has 0 radical (unpaired) electrons. The van der Waals surface area contributed by atoms with Crippen LogP contribution < -0.4 is 17.0 Å². The molecule has 0 aliphatic heterocycles. The summed E-state index contributed by atoms with van der Waals surface area (Å²) in [6, 6.07) is 0. The first-order valence-electron chi connectivity index (χ1n) is 1.85. The van der Waals surface area contributed by atoms with E-state index in [1.54, 1.807) is 0 Å². The van der Waals surface area contributed by atoms with Crippen LogP contribution in [0.5, 0.6) is 0 Å². The third-order valence-electron chi connectivity index (χ3n) is 0.486. The maximum atomic E-state index is 5.18. The zero-order chi connectivity index (χ0) is 5.70. The Morgan fingerprint density at radius 1 is 1.71 bits per heavy atom. The second-order valence-corrected chi connectivity index (χ2v) is 1.02. The van der Waals surface area contributed by atoms with E-state index in [4.69, 9.17) is 11.6 Å². The quantitative estimate of drug-likeness (QED) is 0.247. The fraction of sp³-hybridized carbons (Fsp3) is 0. The molecule has 0 aliphatic carbocycles. The Morgan fingerprint density at radius 3 is 2.43 bits per heavy atom. The Balaban J connectivity index is 3.49. The van der Waals surface area contributed by atoms with Gasteiger partial charge in [-0.25, -0.2) is 0 Å². The van der Waals surface area contributed by atoms with Crippen LogP contribution in [0.25, 0.3) is 0 Å². The second kappa shape index (κ2) is 3.24. The summed E-state index contributed by atoms with van der Waals surface area (Å²) in [7, 11) is 0. The lowest BCUT2D eigenvalue weighted by Gasteiger charge is -1.87. The average Bonchev–Trinajstić information content (AvgIpc) is 1.68. The van der Waals surface area contributed by atoms with Gasteiger partial charge in [0, 0.05) is 11.9 Å². The van der Waals surface area contributed by atoms with E-state index in [1.807, 2.05) is 0 Å². The number of nitrogens with two attached hydrogens (primary N) is 2. The lowest BCUT2D eigenvalue weighted by molar-refractivity contribution is 0.954. The van der Waals surface area contributed by atoms with Gasteiger partial charge in [-0.05, 0) is 6.08 Å². The molecule has 0 aromatic rings. The number of nitrogens with one attached hydrogen (secondary N) is 1. The predicted octanol–water partition coefficient (Wildman–Crippen LogP) is -0.564. The van der Waals surface area contributed by atoms with Crippen molar-refractivity contribution in [2.24, 2.45) is 11.6 Å². The Hall–Kier alpha value is -0.960. The van der Waals surface area contributed by atoms with Gasteiger partial charge in [0.1, 0.15) is 0 Å². The number of rotatable bonds is 2. The molecular formula is C4H9N3. The third-order valence-corrected chi connectivity index (χ3v) is 0.486. The Bertz CT molecular complexity index is 84.9. The molecule has 3 nitrogen and oxygen atoms in total. The molecule has 0 heterocycles. The normalized spacial score (nSPS) is 10.7. The topological polar surface area (TPSA) is 64.1 Å². The molecular weight excluding hydrogens is 90.1 g/mol. The van der Waals surface area contributed by atoms with Gasteiger partial charge >= 0.3 is 0 Å². The van der Waals surface area contributed by atoms with Gasteiger partial charge in [0.15, 0.2) is 0 Å². The number of hydrogen-bond acceptors (Lipinski definition) is 3. The first-order chi connectivity index (χ1) is 3.31. The van der Waals surface area contributed by atoms with Crippen molar-refractivity contribution in [3.8, 4) is 0 Å². The summed E-state index contributed by atoms with van der Waals surface area (Å²) in [5, 5.41) is 0. The van der Waals surface area contributed by atoms with Gasteiger partial charge < -0.3 is 11.2 Å². The van der Waals surface area contributed by atoms with Gasteiger partial charge in [-0.15, -0.1) is 0 Å². The molecule has 0 bridgehead atoms. The Labute approximate surface area is 42.7 Å². The van der Waals surface area contributed by atoms with Crippen molar-refractivity contribution in [2.45, 2.75) is 0 Å². The van der Waals surface area contributed by atoms with Gasteiger partial charge in [-0.3, -0.25) is 5.84 Å². The summed E-state index contributed by atoms with van der Waals surface area (Å²) in [4.78, 5) is 0. The highest BCUT2D eigenvalue weighted by Crippen LogP contribution is 1.75. The molecule has 0 rings (SSSR count). The molecule has 0 fully saturated rings. The minimum atomic E-state index is 0.530. The molecule has 0 saturated heterocycles. The first-order valence-corrected chi connectivity index (χ1v) is 1.85. The van der Waals surface area contributed by atoms with Crippen LogP contribution in [0.15, 0.2) is 24.6 Å². The third kappa shape index (κ3) is 2.85. The van der Waals surface area contributed by atoms with Crippen molar-refractivity contribution >= 4 is 0 Å². The van der Waals surface area contributed by atoms with E-state index >= 15 is 0 Å². The maximum absolute atomic E-state index is 5.18. The second-order valence-electron chi connectivity index (χ2n) is 1.02. The smallest absolute Gasteiger partial charge is 0.0482 e. The van der Waals surface area contributed by atoms with Crippen LogP contribution in [-0.2, 0) is 0 Å². The number of allylic oxidation sites excluding steroid dienone is 1. The van der Waals surface area contributed by atoms with Crippen LogP contribution in [0.1, 0.15) is 0 Å². The molecule has 0 aliphatic rings. The molecule has 0 saturated carbocycles. The summed E-state index contributed by atoms with van der Waals surface area (Å²) >= 11 is 0. The first kappa shape index (κ1) is 6.04. The van der Waals surface area contributed by atoms with E-state index in [9.17, 15) is 0 Å². The molecule has 0 aromatic carbocycles. The van der Waals surface area contributed by atoms with Gasteiger partial charge in [-0.1, -0.05) is 6.58 Å². The van der Waals surface area contributed by atoms with Crippen LogP contribution in [0, 0.1) is 0 Å². The van der Waals surface area contributed by atoms with Crippen molar-refractivity contribution in [3.05, 3.63) is 24.6 Å². The molecule has 40 valence electrons. The highest BCUT2D eigenvalue weighted by Gasteiger charge is 1.70. The SMILES string of the molecule is C=C/C(N)=C\NN. The molecule has 0 amide bonds.